The number of likely N-dealkylation sites (tertiary alicyclic amines) is 1. The Morgan fingerprint density at radius 1 is 1.28 bits per heavy atom. The minimum absolute atomic E-state index is 0.133. The Labute approximate surface area is 110 Å². The number of hydrogen-bond donors (Lipinski definition) is 1. The van der Waals surface area contributed by atoms with E-state index in [-0.39, 0.29) is 17.7 Å². The highest BCUT2D eigenvalue weighted by Gasteiger charge is 2.30. The zero-order valence-corrected chi connectivity index (χ0v) is 12.3. The maximum absolute atomic E-state index is 12.1. The Hall–Kier alpha value is -0.620. The lowest BCUT2D eigenvalue weighted by molar-refractivity contribution is -0.127. The molecule has 0 spiro atoms. The van der Waals surface area contributed by atoms with E-state index in [0.29, 0.717) is 13.1 Å². The Morgan fingerprint density at radius 3 is 2.33 bits per heavy atom. The van der Waals surface area contributed by atoms with Crippen molar-refractivity contribution in [2.45, 2.75) is 44.9 Å². The fourth-order valence-corrected chi connectivity index (χ4v) is 3.67. The van der Waals surface area contributed by atoms with Gasteiger partial charge in [0.15, 0.2) is 9.84 Å². The average Bonchev–Trinajstić information content (AvgIpc) is 2.81. The molecule has 1 amide bonds. The molecule has 106 valence electrons. The summed E-state index contributed by atoms with van der Waals surface area (Å²) in [6.07, 6.45) is 1.96. The van der Waals surface area contributed by atoms with Crippen molar-refractivity contribution in [2.24, 2.45) is 0 Å². The highest BCUT2D eigenvalue weighted by Crippen LogP contribution is 2.12. The van der Waals surface area contributed by atoms with E-state index in [0.717, 1.165) is 19.4 Å². The van der Waals surface area contributed by atoms with Crippen molar-refractivity contribution in [2.75, 3.05) is 25.4 Å². The predicted octanol–water partition coefficient (Wildman–Crippen LogP) is 0.410. The van der Waals surface area contributed by atoms with Crippen molar-refractivity contribution >= 4 is 15.7 Å². The van der Waals surface area contributed by atoms with Crippen LogP contribution >= 0.6 is 0 Å². The summed E-state index contributed by atoms with van der Waals surface area (Å²) in [6.45, 7) is 7.56. The van der Waals surface area contributed by atoms with Crippen LogP contribution in [-0.4, -0.2) is 55.9 Å². The summed E-state index contributed by atoms with van der Waals surface area (Å²) >= 11 is 0. The second kappa shape index (κ2) is 6.52. The molecule has 1 aliphatic heterocycles. The van der Waals surface area contributed by atoms with Crippen LogP contribution in [0.15, 0.2) is 0 Å². The molecule has 0 aromatic carbocycles. The first kappa shape index (κ1) is 15.4. The number of rotatable bonds is 6. The van der Waals surface area contributed by atoms with Crippen molar-refractivity contribution < 1.29 is 13.2 Å². The lowest BCUT2D eigenvalue weighted by Crippen LogP contribution is -2.44. The third-order valence-corrected chi connectivity index (χ3v) is 5.77. The highest BCUT2D eigenvalue weighted by molar-refractivity contribution is 7.92. The van der Waals surface area contributed by atoms with Crippen LogP contribution in [0.25, 0.3) is 0 Å². The third kappa shape index (κ3) is 3.95. The summed E-state index contributed by atoms with van der Waals surface area (Å²) in [4.78, 5) is 13.5. The van der Waals surface area contributed by atoms with Gasteiger partial charge in [0.2, 0.25) is 5.91 Å². The molecule has 0 saturated carbocycles. The summed E-state index contributed by atoms with van der Waals surface area (Å²) in [6, 6.07) is -0.133. The molecule has 2 unspecified atom stereocenters. The lowest BCUT2D eigenvalue weighted by Gasteiger charge is -2.22. The molecule has 0 radical (unpaired) electrons. The number of amides is 1. The van der Waals surface area contributed by atoms with Crippen molar-refractivity contribution in [3.63, 3.8) is 0 Å². The molecule has 1 N–H and O–H groups in total. The molecule has 1 saturated heterocycles. The maximum Gasteiger partial charge on any atom is 0.237 e. The van der Waals surface area contributed by atoms with Gasteiger partial charge in [-0.15, -0.1) is 0 Å². The fraction of sp³-hybridized carbons (Fsp3) is 0.917. The summed E-state index contributed by atoms with van der Waals surface area (Å²) in [7, 11) is -3.37. The second-order valence-corrected chi connectivity index (χ2v) is 7.30. The van der Waals surface area contributed by atoms with Crippen molar-refractivity contribution in [3.05, 3.63) is 0 Å². The van der Waals surface area contributed by atoms with E-state index in [4.69, 9.17) is 0 Å². The van der Waals surface area contributed by atoms with Gasteiger partial charge >= 0.3 is 0 Å². The summed E-state index contributed by atoms with van der Waals surface area (Å²) in [5.41, 5.74) is 0. The fourth-order valence-electron chi connectivity index (χ4n) is 2.16. The summed E-state index contributed by atoms with van der Waals surface area (Å²) < 4.78 is 24.3. The summed E-state index contributed by atoms with van der Waals surface area (Å²) in [5, 5.41) is 2.55. The van der Waals surface area contributed by atoms with Crippen LogP contribution in [0.3, 0.4) is 0 Å². The molecule has 0 aromatic rings. The smallest absolute Gasteiger partial charge is 0.237 e. The van der Waals surface area contributed by atoms with Gasteiger partial charge in [0.05, 0.1) is 5.25 Å². The van der Waals surface area contributed by atoms with Gasteiger partial charge in [0.25, 0.3) is 0 Å². The van der Waals surface area contributed by atoms with E-state index in [9.17, 15) is 13.2 Å². The Balaban J connectivity index is 2.60. The SMILES string of the molecule is CCNC(C)C(C)S(=O)(=O)CC(=O)N1CCCC1. The molecular weight excluding hydrogens is 252 g/mol. The van der Waals surface area contributed by atoms with Gasteiger partial charge in [-0.25, -0.2) is 8.42 Å². The van der Waals surface area contributed by atoms with E-state index >= 15 is 0 Å². The molecule has 0 bridgehead atoms. The average molecular weight is 276 g/mol. The van der Waals surface area contributed by atoms with Gasteiger partial charge < -0.3 is 10.2 Å². The van der Waals surface area contributed by atoms with E-state index in [2.05, 4.69) is 5.32 Å². The molecule has 1 heterocycles. The van der Waals surface area contributed by atoms with Crippen molar-refractivity contribution in [1.82, 2.24) is 10.2 Å². The number of hydrogen-bond acceptors (Lipinski definition) is 4. The minimum Gasteiger partial charge on any atom is -0.342 e. The van der Waals surface area contributed by atoms with Crippen LogP contribution in [0.1, 0.15) is 33.6 Å². The standard InChI is InChI=1S/C12H24N2O3S/c1-4-13-10(2)11(3)18(16,17)9-12(15)14-7-5-6-8-14/h10-11,13H,4-9H2,1-3H3. The molecule has 6 heteroatoms. The lowest BCUT2D eigenvalue weighted by atomic mass is 10.2. The van der Waals surface area contributed by atoms with Crippen molar-refractivity contribution in [3.8, 4) is 0 Å². The molecule has 1 rings (SSSR count). The van der Waals surface area contributed by atoms with Gasteiger partial charge in [-0.1, -0.05) is 6.92 Å². The Morgan fingerprint density at radius 2 is 1.83 bits per heavy atom. The molecule has 18 heavy (non-hydrogen) atoms. The van der Waals surface area contributed by atoms with E-state index < -0.39 is 15.1 Å². The predicted molar refractivity (Wildman–Crippen MR) is 72.2 cm³/mol. The van der Waals surface area contributed by atoms with Crippen LogP contribution in [-0.2, 0) is 14.6 Å². The maximum atomic E-state index is 12.1. The van der Waals surface area contributed by atoms with Crippen LogP contribution in [0, 0.1) is 0 Å². The van der Waals surface area contributed by atoms with Crippen molar-refractivity contribution in [1.29, 1.82) is 0 Å². The van der Waals surface area contributed by atoms with Gasteiger partial charge in [0, 0.05) is 19.1 Å². The first-order chi connectivity index (χ1) is 8.38. The molecule has 5 nitrogen and oxygen atoms in total. The number of sulfone groups is 1. The zero-order chi connectivity index (χ0) is 13.8. The molecule has 0 aromatic heterocycles. The highest BCUT2D eigenvalue weighted by atomic mass is 32.2. The third-order valence-electron chi connectivity index (χ3n) is 3.58. The van der Waals surface area contributed by atoms with Gasteiger partial charge in [-0.3, -0.25) is 4.79 Å². The second-order valence-electron chi connectivity index (χ2n) is 4.95. The molecule has 1 fully saturated rings. The molecule has 2 atom stereocenters. The Kier molecular flexibility index (Phi) is 5.59. The largest absolute Gasteiger partial charge is 0.342 e. The van der Waals surface area contributed by atoms with E-state index in [1.807, 2.05) is 13.8 Å². The van der Waals surface area contributed by atoms with E-state index in [1.54, 1.807) is 11.8 Å². The minimum atomic E-state index is -3.37. The van der Waals surface area contributed by atoms with Crippen LogP contribution in [0.4, 0.5) is 0 Å². The van der Waals surface area contributed by atoms with Crippen LogP contribution < -0.4 is 5.32 Å². The number of carbonyl (C=O) groups is 1. The quantitative estimate of drug-likeness (QED) is 0.763. The number of nitrogens with one attached hydrogen (secondary N) is 1. The normalized spacial score (nSPS) is 19.8. The molecular formula is C12H24N2O3S. The zero-order valence-electron chi connectivity index (χ0n) is 11.5. The van der Waals surface area contributed by atoms with E-state index in [1.165, 1.54) is 0 Å². The van der Waals surface area contributed by atoms with Crippen LogP contribution in [0.2, 0.25) is 0 Å². The number of nitrogens with zero attached hydrogens (tertiary/aromatic N) is 1. The number of carbonyl (C=O) groups excluding carboxylic acids is 1. The first-order valence-electron chi connectivity index (χ1n) is 6.61. The molecule has 0 aliphatic carbocycles. The van der Waals surface area contributed by atoms with Gasteiger partial charge in [0.1, 0.15) is 5.75 Å². The van der Waals surface area contributed by atoms with Gasteiger partial charge in [-0.2, -0.15) is 0 Å². The van der Waals surface area contributed by atoms with Gasteiger partial charge in [-0.05, 0) is 33.2 Å². The monoisotopic (exact) mass is 276 g/mol. The topological polar surface area (TPSA) is 66.5 Å². The Bertz CT molecular complexity index is 375. The summed E-state index contributed by atoms with van der Waals surface area (Å²) in [5.74, 6) is -0.604. The van der Waals surface area contributed by atoms with Crippen LogP contribution in [0.5, 0.6) is 0 Å². The first-order valence-corrected chi connectivity index (χ1v) is 8.32. The molecule has 1 aliphatic rings.